The third-order valence-corrected chi connectivity index (χ3v) is 5.40. The number of aromatic nitrogens is 1. The molecule has 1 aromatic heterocycles. The summed E-state index contributed by atoms with van der Waals surface area (Å²) in [5.74, 6) is 0.564. The maximum Gasteiger partial charge on any atom is 0.226 e. The Morgan fingerprint density at radius 2 is 1.96 bits per heavy atom. The molecular weight excluding hydrogens is 330 g/mol. The Kier molecular flexibility index (Phi) is 6.63. The van der Waals surface area contributed by atoms with E-state index in [1.54, 1.807) is 0 Å². The van der Waals surface area contributed by atoms with Crippen molar-refractivity contribution in [1.29, 1.82) is 0 Å². The van der Waals surface area contributed by atoms with E-state index < -0.39 is 0 Å². The molecule has 0 spiro atoms. The normalized spacial score (nSPS) is 16.9. The number of fused-ring (bicyclic) bond motifs is 1. The van der Waals surface area contributed by atoms with Crippen LogP contribution in [0, 0.1) is 5.92 Å². The number of hydrogen-bond donors (Lipinski definition) is 1. The summed E-state index contributed by atoms with van der Waals surface area (Å²) >= 11 is 0. The fraction of sp³-hybridized carbons (Fsp3) is 0.600. The van der Waals surface area contributed by atoms with Gasteiger partial charge in [-0.2, -0.15) is 0 Å². The molecule has 142 valence electrons. The molecule has 0 saturated carbocycles. The summed E-state index contributed by atoms with van der Waals surface area (Å²) in [6, 6.07) is 8.00. The Morgan fingerprint density at radius 1 is 1.23 bits per heavy atom. The molecule has 6 nitrogen and oxygen atoms in total. The highest BCUT2D eigenvalue weighted by Crippen LogP contribution is 2.20. The fourth-order valence-electron chi connectivity index (χ4n) is 3.83. The van der Waals surface area contributed by atoms with Crippen molar-refractivity contribution in [2.24, 2.45) is 5.92 Å². The first-order valence-electron chi connectivity index (χ1n) is 9.64. The number of morpholine rings is 1. The number of carbonyl (C=O) groups is 1. The van der Waals surface area contributed by atoms with Crippen molar-refractivity contribution >= 4 is 16.9 Å². The minimum Gasteiger partial charge on any atom is -0.379 e. The molecule has 2 aromatic rings. The second-order valence-electron chi connectivity index (χ2n) is 6.90. The molecule has 0 radical (unpaired) electrons. The molecule has 1 aliphatic rings. The Morgan fingerprint density at radius 3 is 2.69 bits per heavy atom. The molecule has 6 heteroatoms. The lowest BCUT2D eigenvalue weighted by Gasteiger charge is -2.38. The Labute approximate surface area is 154 Å². The lowest BCUT2D eigenvalue weighted by Crippen LogP contribution is -2.52. The zero-order chi connectivity index (χ0) is 18.4. The van der Waals surface area contributed by atoms with Gasteiger partial charge in [-0.1, -0.05) is 44.0 Å². The number of carbonyl (C=O) groups excluding carboxylic acids is 1. The molecule has 3 rings (SSSR count). The van der Waals surface area contributed by atoms with Gasteiger partial charge >= 0.3 is 0 Å². The van der Waals surface area contributed by atoms with Crippen molar-refractivity contribution in [2.45, 2.75) is 39.2 Å². The first-order chi connectivity index (χ1) is 12.7. The van der Waals surface area contributed by atoms with Gasteiger partial charge in [-0.05, 0) is 18.1 Å². The van der Waals surface area contributed by atoms with Crippen molar-refractivity contribution in [2.75, 3.05) is 32.8 Å². The van der Waals surface area contributed by atoms with Crippen LogP contribution in [0.3, 0.4) is 0 Å². The van der Waals surface area contributed by atoms with Gasteiger partial charge in [0.2, 0.25) is 5.91 Å². The minimum absolute atomic E-state index is 0.00623. The highest BCUT2D eigenvalue weighted by Gasteiger charge is 2.27. The fourth-order valence-corrected chi connectivity index (χ4v) is 3.83. The number of ether oxygens (including phenoxy) is 1. The molecule has 0 bridgehead atoms. The standard InChI is InChI=1S/C20H29N3O3/c1-3-15(4-2)18(23-9-11-25-12-10-23)14-21-20(24)13-17-16-7-5-6-8-19(16)26-22-17/h5-8,15,18H,3-4,9-14H2,1-2H3,(H,21,24). The lowest BCUT2D eigenvalue weighted by molar-refractivity contribution is -0.121. The van der Waals surface area contributed by atoms with Crippen molar-refractivity contribution in [1.82, 2.24) is 15.4 Å². The first kappa shape index (κ1) is 18.9. The van der Waals surface area contributed by atoms with Gasteiger partial charge in [-0.15, -0.1) is 0 Å². The average molecular weight is 359 g/mol. The molecule has 1 amide bonds. The number of hydrogen-bond acceptors (Lipinski definition) is 5. The SMILES string of the molecule is CCC(CC)C(CNC(=O)Cc1noc2ccccc12)N1CCOCC1. The number of nitrogens with zero attached hydrogens (tertiary/aromatic N) is 2. The molecular formula is C20H29N3O3. The predicted octanol–water partition coefficient (Wildman–Crippen LogP) is 2.62. The van der Waals surface area contributed by atoms with Crippen LogP contribution < -0.4 is 5.32 Å². The van der Waals surface area contributed by atoms with Gasteiger partial charge in [0.25, 0.3) is 0 Å². The van der Waals surface area contributed by atoms with E-state index in [2.05, 4.69) is 29.2 Å². The van der Waals surface area contributed by atoms with Crippen LogP contribution in [0.15, 0.2) is 28.8 Å². The summed E-state index contributed by atoms with van der Waals surface area (Å²) < 4.78 is 10.8. The molecule has 1 unspecified atom stereocenters. The van der Waals surface area contributed by atoms with Gasteiger partial charge < -0.3 is 14.6 Å². The Balaban J connectivity index is 1.61. The van der Waals surface area contributed by atoms with E-state index in [1.807, 2.05) is 24.3 Å². The predicted molar refractivity (Wildman–Crippen MR) is 101 cm³/mol. The molecule has 1 atom stereocenters. The van der Waals surface area contributed by atoms with Crippen LogP contribution in [0.4, 0.5) is 0 Å². The molecule has 1 aromatic carbocycles. The first-order valence-corrected chi connectivity index (χ1v) is 9.64. The van der Waals surface area contributed by atoms with Crippen LogP contribution in [0.1, 0.15) is 32.4 Å². The number of nitrogens with one attached hydrogen (secondary N) is 1. The third kappa shape index (κ3) is 4.43. The monoisotopic (exact) mass is 359 g/mol. The summed E-state index contributed by atoms with van der Waals surface area (Å²) in [6.07, 6.45) is 2.47. The molecule has 1 fully saturated rings. The molecule has 26 heavy (non-hydrogen) atoms. The van der Waals surface area contributed by atoms with Crippen molar-refractivity contribution in [3.63, 3.8) is 0 Å². The second kappa shape index (κ2) is 9.14. The van der Waals surface area contributed by atoms with Crippen LogP contribution in [0.5, 0.6) is 0 Å². The minimum atomic E-state index is -0.00623. The molecule has 0 aliphatic carbocycles. The zero-order valence-electron chi connectivity index (χ0n) is 15.7. The topological polar surface area (TPSA) is 67.6 Å². The average Bonchev–Trinajstić information content (AvgIpc) is 3.09. The van der Waals surface area contributed by atoms with E-state index in [0.717, 1.165) is 50.1 Å². The van der Waals surface area contributed by atoms with Gasteiger partial charge in [-0.3, -0.25) is 9.69 Å². The maximum atomic E-state index is 12.5. The molecule has 1 aliphatic heterocycles. The molecule has 1 N–H and O–H groups in total. The van der Waals surface area contributed by atoms with Gasteiger partial charge in [0.1, 0.15) is 5.69 Å². The van der Waals surface area contributed by atoms with E-state index in [1.165, 1.54) is 0 Å². The highest BCUT2D eigenvalue weighted by atomic mass is 16.5. The number of benzene rings is 1. The zero-order valence-corrected chi connectivity index (χ0v) is 15.7. The Hall–Kier alpha value is -1.92. The van der Waals surface area contributed by atoms with E-state index in [-0.39, 0.29) is 12.3 Å². The summed E-state index contributed by atoms with van der Waals surface area (Å²) in [6.45, 7) is 8.54. The van der Waals surface area contributed by atoms with Crippen LogP contribution in [-0.2, 0) is 16.0 Å². The quantitative estimate of drug-likeness (QED) is 0.785. The van der Waals surface area contributed by atoms with Crippen LogP contribution in [0.2, 0.25) is 0 Å². The number of para-hydroxylation sites is 1. The smallest absolute Gasteiger partial charge is 0.226 e. The van der Waals surface area contributed by atoms with E-state index in [0.29, 0.717) is 24.2 Å². The van der Waals surface area contributed by atoms with Gasteiger partial charge in [0, 0.05) is 31.1 Å². The Bertz CT molecular complexity index is 705. The van der Waals surface area contributed by atoms with E-state index >= 15 is 0 Å². The van der Waals surface area contributed by atoms with Crippen LogP contribution in [-0.4, -0.2) is 54.9 Å². The summed E-state index contributed by atoms with van der Waals surface area (Å²) in [5.41, 5.74) is 1.42. The number of rotatable bonds is 8. The largest absolute Gasteiger partial charge is 0.379 e. The second-order valence-corrected chi connectivity index (χ2v) is 6.90. The van der Waals surface area contributed by atoms with Gasteiger partial charge in [-0.25, -0.2) is 0 Å². The van der Waals surface area contributed by atoms with Crippen LogP contribution in [0.25, 0.3) is 11.0 Å². The summed E-state index contributed by atoms with van der Waals surface area (Å²) in [5, 5.41) is 8.10. The van der Waals surface area contributed by atoms with Crippen molar-refractivity contribution in [3.8, 4) is 0 Å². The van der Waals surface area contributed by atoms with E-state index in [4.69, 9.17) is 9.26 Å². The molecule has 2 heterocycles. The maximum absolute atomic E-state index is 12.5. The third-order valence-electron chi connectivity index (χ3n) is 5.40. The van der Waals surface area contributed by atoms with Crippen LogP contribution >= 0.6 is 0 Å². The summed E-state index contributed by atoms with van der Waals surface area (Å²) in [7, 11) is 0. The lowest BCUT2D eigenvalue weighted by atomic mass is 9.92. The van der Waals surface area contributed by atoms with Crippen molar-refractivity contribution < 1.29 is 14.1 Å². The highest BCUT2D eigenvalue weighted by molar-refractivity contribution is 5.86. The molecule has 1 saturated heterocycles. The number of amides is 1. The summed E-state index contributed by atoms with van der Waals surface area (Å²) in [4.78, 5) is 15.0. The van der Waals surface area contributed by atoms with Gasteiger partial charge in [0.15, 0.2) is 5.58 Å². The van der Waals surface area contributed by atoms with Crippen molar-refractivity contribution in [3.05, 3.63) is 30.0 Å². The van der Waals surface area contributed by atoms with Gasteiger partial charge in [0.05, 0.1) is 19.6 Å². The van der Waals surface area contributed by atoms with E-state index in [9.17, 15) is 4.79 Å².